The maximum absolute atomic E-state index is 10.9. The summed E-state index contributed by atoms with van der Waals surface area (Å²) in [5, 5.41) is 8.98. The molecule has 0 aliphatic carbocycles. The Kier molecular flexibility index (Phi) is 4.05. The highest BCUT2D eigenvalue weighted by atomic mass is 16.5. The molecular formula is C17H16N2O3. The predicted octanol–water partition coefficient (Wildman–Crippen LogP) is 3.27. The average Bonchev–Trinajstić information content (AvgIpc) is 2.94. The molecule has 0 radical (unpaired) electrons. The molecule has 2 N–H and O–H groups in total. The van der Waals surface area contributed by atoms with E-state index in [2.05, 4.69) is 9.97 Å². The minimum Gasteiger partial charge on any atom is -0.494 e. The van der Waals surface area contributed by atoms with Gasteiger partial charge in [0.25, 0.3) is 0 Å². The van der Waals surface area contributed by atoms with E-state index in [0.717, 1.165) is 35.4 Å². The van der Waals surface area contributed by atoms with Crippen molar-refractivity contribution in [3.8, 4) is 5.75 Å². The van der Waals surface area contributed by atoms with Gasteiger partial charge in [-0.3, -0.25) is 0 Å². The molecule has 5 heteroatoms. The molecule has 22 heavy (non-hydrogen) atoms. The van der Waals surface area contributed by atoms with Crippen LogP contribution in [0.3, 0.4) is 0 Å². The van der Waals surface area contributed by atoms with Crippen LogP contribution in [-0.2, 0) is 6.42 Å². The topological polar surface area (TPSA) is 75.2 Å². The number of benzene rings is 2. The van der Waals surface area contributed by atoms with Gasteiger partial charge in [-0.25, -0.2) is 9.78 Å². The van der Waals surface area contributed by atoms with Crippen molar-refractivity contribution >= 4 is 17.0 Å². The molecule has 0 unspecified atom stereocenters. The molecule has 5 nitrogen and oxygen atoms in total. The Labute approximate surface area is 127 Å². The van der Waals surface area contributed by atoms with Crippen LogP contribution < -0.4 is 4.74 Å². The number of aryl methyl sites for hydroxylation is 1. The Morgan fingerprint density at radius 3 is 2.77 bits per heavy atom. The summed E-state index contributed by atoms with van der Waals surface area (Å²) in [5.74, 6) is 0.765. The van der Waals surface area contributed by atoms with Gasteiger partial charge in [-0.15, -0.1) is 0 Å². The Hall–Kier alpha value is -2.82. The van der Waals surface area contributed by atoms with Crippen LogP contribution in [-0.4, -0.2) is 27.7 Å². The molecule has 0 aliphatic heterocycles. The highest BCUT2D eigenvalue weighted by Crippen LogP contribution is 2.15. The summed E-state index contributed by atoms with van der Waals surface area (Å²) in [6.07, 6.45) is 1.59. The highest BCUT2D eigenvalue weighted by Gasteiger charge is 2.07. The molecular weight excluding hydrogens is 280 g/mol. The molecule has 0 fully saturated rings. The second kappa shape index (κ2) is 6.30. The van der Waals surface area contributed by atoms with Gasteiger partial charge in [0.05, 0.1) is 23.2 Å². The van der Waals surface area contributed by atoms with Gasteiger partial charge in [0, 0.05) is 6.42 Å². The number of ether oxygens (including phenoxy) is 1. The first-order valence-electron chi connectivity index (χ1n) is 7.12. The monoisotopic (exact) mass is 296 g/mol. The molecule has 0 bridgehead atoms. The number of H-pyrrole nitrogens is 1. The van der Waals surface area contributed by atoms with E-state index in [0.29, 0.717) is 6.61 Å². The number of rotatable bonds is 6. The van der Waals surface area contributed by atoms with Gasteiger partial charge in [-0.2, -0.15) is 0 Å². The Balaban J connectivity index is 1.58. The lowest BCUT2D eigenvalue weighted by atomic mass is 10.2. The number of hydrogen-bond donors (Lipinski definition) is 2. The first kappa shape index (κ1) is 14.1. The summed E-state index contributed by atoms with van der Waals surface area (Å²) in [6.45, 7) is 0.613. The van der Waals surface area contributed by atoms with E-state index in [1.54, 1.807) is 18.2 Å². The number of nitrogens with zero attached hydrogens (tertiary/aromatic N) is 1. The van der Waals surface area contributed by atoms with Crippen molar-refractivity contribution in [3.05, 3.63) is 59.9 Å². The standard InChI is InChI=1S/C17H16N2O3/c20-17(21)12-8-9-14-15(11-12)19-16(18-14)7-4-10-22-13-5-2-1-3-6-13/h1-3,5-6,8-9,11H,4,7,10H2,(H,18,19)(H,20,21). The third kappa shape index (κ3) is 3.25. The van der Waals surface area contributed by atoms with Gasteiger partial charge in [0.1, 0.15) is 11.6 Å². The van der Waals surface area contributed by atoms with Crippen LogP contribution in [0.15, 0.2) is 48.5 Å². The van der Waals surface area contributed by atoms with Crippen LogP contribution in [0.2, 0.25) is 0 Å². The Morgan fingerprint density at radius 1 is 1.18 bits per heavy atom. The number of nitrogens with one attached hydrogen (secondary N) is 1. The van der Waals surface area contributed by atoms with Crippen molar-refractivity contribution < 1.29 is 14.6 Å². The Bertz CT molecular complexity index is 781. The van der Waals surface area contributed by atoms with Crippen LogP contribution in [0.1, 0.15) is 22.6 Å². The third-order valence-electron chi connectivity index (χ3n) is 3.35. The lowest BCUT2D eigenvalue weighted by Crippen LogP contribution is -2.00. The van der Waals surface area contributed by atoms with Crippen molar-refractivity contribution in [2.24, 2.45) is 0 Å². The van der Waals surface area contributed by atoms with Crippen molar-refractivity contribution in [2.45, 2.75) is 12.8 Å². The zero-order chi connectivity index (χ0) is 15.4. The smallest absolute Gasteiger partial charge is 0.335 e. The van der Waals surface area contributed by atoms with Crippen LogP contribution >= 0.6 is 0 Å². The minimum absolute atomic E-state index is 0.259. The Morgan fingerprint density at radius 2 is 2.00 bits per heavy atom. The summed E-state index contributed by atoms with van der Waals surface area (Å²) >= 11 is 0. The average molecular weight is 296 g/mol. The number of imidazole rings is 1. The van der Waals surface area contributed by atoms with E-state index in [4.69, 9.17) is 9.84 Å². The molecule has 1 heterocycles. The molecule has 0 saturated heterocycles. The van der Waals surface area contributed by atoms with Gasteiger partial charge in [-0.1, -0.05) is 18.2 Å². The minimum atomic E-state index is -0.936. The van der Waals surface area contributed by atoms with Gasteiger partial charge in [0.15, 0.2) is 0 Å². The summed E-state index contributed by atoms with van der Waals surface area (Å²) in [5.41, 5.74) is 1.79. The number of carboxylic acids is 1. The number of aromatic amines is 1. The summed E-state index contributed by atoms with van der Waals surface area (Å²) in [4.78, 5) is 18.6. The van der Waals surface area contributed by atoms with E-state index in [1.165, 1.54) is 0 Å². The zero-order valence-electron chi connectivity index (χ0n) is 12.0. The van der Waals surface area contributed by atoms with Crippen LogP contribution in [0.4, 0.5) is 0 Å². The van der Waals surface area contributed by atoms with Crippen LogP contribution in [0, 0.1) is 0 Å². The number of fused-ring (bicyclic) bond motifs is 1. The molecule has 0 amide bonds. The predicted molar refractivity (Wildman–Crippen MR) is 83.3 cm³/mol. The molecule has 3 rings (SSSR count). The lowest BCUT2D eigenvalue weighted by molar-refractivity contribution is 0.0697. The molecule has 1 aromatic heterocycles. The van der Waals surface area contributed by atoms with Crippen molar-refractivity contribution in [1.29, 1.82) is 0 Å². The highest BCUT2D eigenvalue weighted by molar-refractivity contribution is 5.92. The third-order valence-corrected chi connectivity index (χ3v) is 3.35. The van der Waals surface area contributed by atoms with E-state index in [1.807, 2.05) is 30.3 Å². The molecule has 112 valence electrons. The fourth-order valence-corrected chi connectivity index (χ4v) is 2.26. The number of carbonyl (C=O) groups is 1. The first-order chi connectivity index (χ1) is 10.7. The van der Waals surface area contributed by atoms with Gasteiger partial charge < -0.3 is 14.8 Å². The van der Waals surface area contributed by atoms with Gasteiger partial charge in [0.2, 0.25) is 0 Å². The number of aromatic nitrogens is 2. The van der Waals surface area contributed by atoms with E-state index >= 15 is 0 Å². The molecule has 3 aromatic rings. The largest absolute Gasteiger partial charge is 0.494 e. The second-order valence-electron chi connectivity index (χ2n) is 4.99. The number of carboxylic acid groups (broad SMARTS) is 1. The maximum Gasteiger partial charge on any atom is 0.335 e. The molecule has 0 saturated carbocycles. The number of para-hydroxylation sites is 1. The number of aromatic carboxylic acids is 1. The van der Waals surface area contributed by atoms with E-state index in [9.17, 15) is 4.79 Å². The molecule has 0 aliphatic rings. The fourth-order valence-electron chi connectivity index (χ4n) is 2.26. The summed E-state index contributed by atoms with van der Waals surface area (Å²) < 4.78 is 5.63. The fraction of sp³-hybridized carbons (Fsp3) is 0.176. The first-order valence-corrected chi connectivity index (χ1v) is 7.12. The van der Waals surface area contributed by atoms with Gasteiger partial charge in [-0.05, 0) is 36.8 Å². The normalized spacial score (nSPS) is 10.7. The van der Waals surface area contributed by atoms with Gasteiger partial charge >= 0.3 is 5.97 Å². The molecule has 0 spiro atoms. The SMILES string of the molecule is O=C(O)c1ccc2nc(CCCOc3ccccc3)[nH]c2c1. The van der Waals surface area contributed by atoms with Crippen molar-refractivity contribution in [1.82, 2.24) is 9.97 Å². The van der Waals surface area contributed by atoms with Crippen molar-refractivity contribution in [3.63, 3.8) is 0 Å². The summed E-state index contributed by atoms with van der Waals surface area (Å²) in [7, 11) is 0. The van der Waals surface area contributed by atoms with Crippen LogP contribution in [0.25, 0.3) is 11.0 Å². The number of hydrogen-bond acceptors (Lipinski definition) is 3. The van der Waals surface area contributed by atoms with E-state index < -0.39 is 5.97 Å². The molecule has 0 atom stereocenters. The van der Waals surface area contributed by atoms with Crippen molar-refractivity contribution in [2.75, 3.05) is 6.61 Å². The van der Waals surface area contributed by atoms with E-state index in [-0.39, 0.29) is 5.56 Å². The van der Waals surface area contributed by atoms with Crippen LogP contribution in [0.5, 0.6) is 5.75 Å². The lowest BCUT2D eigenvalue weighted by Gasteiger charge is -2.04. The quantitative estimate of drug-likeness (QED) is 0.684. The summed E-state index contributed by atoms with van der Waals surface area (Å²) in [6, 6.07) is 14.6. The zero-order valence-corrected chi connectivity index (χ0v) is 12.0. The molecule has 2 aromatic carbocycles. The maximum atomic E-state index is 10.9. The second-order valence-corrected chi connectivity index (χ2v) is 4.99.